The molecule has 310 valence electrons. The summed E-state index contributed by atoms with van der Waals surface area (Å²) in [6.45, 7) is 9.40. The Morgan fingerprint density at radius 3 is 2.44 bits per heavy atom. The number of hydrogen-bond donors (Lipinski definition) is 3. The minimum Gasteiger partial charge on any atom is -0.494 e. The van der Waals surface area contributed by atoms with Gasteiger partial charge in [0.2, 0.25) is 17.8 Å². The number of nitrogens with one attached hydrogen (secondary N) is 3. The van der Waals surface area contributed by atoms with Crippen molar-refractivity contribution in [3.8, 4) is 5.75 Å². The number of fused-ring (bicyclic) bond motifs is 1. The van der Waals surface area contributed by atoms with Gasteiger partial charge in [0, 0.05) is 79.9 Å². The van der Waals surface area contributed by atoms with E-state index in [0.717, 1.165) is 63.4 Å². The van der Waals surface area contributed by atoms with E-state index in [0.29, 0.717) is 62.9 Å². The van der Waals surface area contributed by atoms with Crippen molar-refractivity contribution >= 4 is 70.6 Å². The number of carbonyl (C=O) groups is 3. The molecule has 3 N–H and O–H groups in total. The zero-order valence-corrected chi connectivity index (χ0v) is 35.0. The number of benzene rings is 3. The highest BCUT2D eigenvalue weighted by atomic mass is 35.5. The summed E-state index contributed by atoms with van der Waals surface area (Å²) in [5, 5.41) is 9.84. The van der Waals surface area contributed by atoms with Crippen molar-refractivity contribution in [3.05, 3.63) is 88.3 Å². The van der Waals surface area contributed by atoms with Crippen LogP contribution in [0.15, 0.2) is 60.8 Å². The highest BCUT2D eigenvalue weighted by molar-refractivity contribution is 7.70. The molecule has 0 saturated carbocycles. The van der Waals surface area contributed by atoms with Crippen LogP contribution < -0.4 is 30.9 Å². The van der Waals surface area contributed by atoms with Crippen molar-refractivity contribution in [1.82, 2.24) is 30.0 Å². The number of nitrogens with zero attached hydrogens (tertiary/aromatic N) is 6. The Kier molecular flexibility index (Phi) is 11.6. The Morgan fingerprint density at radius 2 is 1.71 bits per heavy atom. The second-order valence-electron chi connectivity index (χ2n) is 15.9. The number of hydrogen-bond acceptors (Lipinski definition) is 12. The van der Waals surface area contributed by atoms with Gasteiger partial charge in [-0.25, -0.2) is 9.37 Å². The van der Waals surface area contributed by atoms with Crippen molar-refractivity contribution < 1.29 is 28.1 Å². The van der Waals surface area contributed by atoms with Crippen LogP contribution in [0.25, 0.3) is 0 Å². The fraction of sp³-hybridized carbons (Fsp3) is 0.405. The van der Waals surface area contributed by atoms with Gasteiger partial charge >= 0.3 is 0 Å². The summed E-state index contributed by atoms with van der Waals surface area (Å²) in [4.78, 5) is 54.8. The van der Waals surface area contributed by atoms with Gasteiger partial charge in [0.25, 0.3) is 5.91 Å². The van der Waals surface area contributed by atoms with Crippen molar-refractivity contribution in [2.75, 3.05) is 75.2 Å². The Labute approximate surface area is 347 Å². The van der Waals surface area contributed by atoms with Gasteiger partial charge in [0.1, 0.15) is 29.8 Å². The lowest BCUT2D eigenvalue weighted by molar-refractivity contribution is -0.136. The zero-order valence-electron chi connectivity index (χ0n) is 33.3. The van der Waals surface area contributed by atoms with Crippen molar-refractivity contribution in [1.29, 1.82) is 0 Å². The number of rotatable bonds is 11. The van der Waals surface area contributed by atoms with Crippen LogP contribution in [-0.4, -0.2) is 114 Å². The fourth-order valence-corrected chi connectivity index (χ4v) is 9.88. The Morgan fingerprint density at radius 1 is 0.949 bits per heavy atom. The molecule has 4 aromatic rings. The summed E-state index contributed by atoms with van der Waals surface area (Å²) in [5.41, 5.74) is 3.99. The van der Waals surface area contributed by atoms with Gasteiger partial charge in [-0.15, -0.1) is 0 Å². The average molecular weight is 844 g/mol. The zero-order chi connectivity index (χ0) is 41.4. The average Bonchev–Trinajstić information content (AvgIpc) is 3.53. The number of carbonyl (C=O) groups excluding carboxylic acids is 3. The molecule has 3 fully saturated rings. The summed E-state index contributed by atoms with van der Waals surface area (Å²) in [5.74, 6) is -0.238. The van der Waals surface area contributed by atoms with Gasteiger partial charge in [-0.3, -0.25) is 29.5 Å². The van der Waals surface area contributed by atoms with Crippen LogP contribution in [0.1, 0.15) is 47.2 Å². The summed E-state index contributed by atoms with van der Waals surface area (Å²) >= 11 is 6.47. The number of halogens is 2. The standard InChI is InChI=1S/C42H48ClFN9O5P/c1-58-36-21-29(8-9-33(36)47-42-45-23-31(43)39(49-42)46-34-6-4-5-7-37(34)59(2,3)57)52-18-16-51(17-19-52)28-12-14-50(15-13-28)24-27-20-26-25-53(41(56)30(26)22-32(27)44)35-10-11-38(54)48-40(35)55/h4-9,20-23,28,35H,10-19,24-25H2,1-3H3,(H,48,54,55)(H2,45,46,47,49). The van der Waals surface area contributed by atoms with E-state index >= 15 is 4.39 Å². The SMILES string of the molecule is COc1cc(N2CCN(C3CCN(Cc4cc5c(cc4F)C(=O)N(C4CCC(=O)NC4=O)C5)CC3)CC2)ccc1Nc1ncc(Cl)c(Nc2ccccc2P(C)(C)=O)n1. The summed E-state index contributed by atoms with van der Waals surface area (Å²) in [6, 6.07) is 16.2. The highest BCUT2D eigenvalue weighted by Crippen LogP contribution is 2.39. The molecule has 1 atom stereocenters. The van der Waals surface area contributed by atoms with Crippen LogP contribution in [0, 0.1) is 5.82 Å². The van der Waals surface area contributed by atoms with E-state index in [1.165, 1.54) is 17.2 Å². The maximum absolute atomic E-state index is 15.4. The third-order valence-electron chi connectivity index (χ3n) is 11.8. The summed E-state index contributed by atoms with van der Waals surface area (Å²) in [6.07, 6.45) is 3.93. The third kappa shape index (κ3) is 8.79. The van der Waals surface area contributed by atoms with E-state index in [1.807, 2.05) is 36.4 Å². The van der Waals surface area contributed by atoms with Crippen molar-refractivity contribution in [2.45, 2.75) is 50.9 Å². The van der Waals surface area contributed by atoms with Gasteiger partial charge in [-0.2, -0.15) is 4.98 Å². The first kappa shape index (κ1) is 40.7. The molecule has 3 amide bonds. The van der Waals surface area contributed by atoms with E-state index in [9.17, 15) is 18.9 Å². The normalized spacial score (nSPS) is 19.5. The van der Waals surface area contributed by atoms with Gasteiger partial charge in [-0.05, 0) is 87.6 Å². The number of para-hydroxylation sites is 1. The second kappa shape index (κ2) is 16.9. The first-order chi connectivity index (χ1) is 28.3. The molecular formula is C42H48ClFN9O5P. The molecule has 0 bridgehead atoms. The Balaban J connectivity index is 0.835. The number of aromatic nitrogens is 2. The topological polar surface area (TPSA) is 152 Å². The maximum Gasteiger partial charge on any atom is 0.255 e. The molecule has 14 nitrogen and oxygen atoms in total. The lowest BCUT2D eigenvalue weighted by Gasteiger charge is -2.43. The van der Waals surface area contributed by atoms with Crippen LogP contribution in [-0.2, 0) is 27.2 Å². The maximum atomic E-state index is 15.4. The molecule has 3 aromatic carbocycles. The van der Waals surface area contributed by atoms with Crippen LogP contribution in [0.4, 0.5) is 33.2 Å². The van der Waals surface area contributed by atoms with Crippen LogP contribution >= 0.6 is 18.7 Å². The smallest absolute Gasteiger partial charge is 0.255 e. The molecular weight excluding hydrogens is 796 g/mol. The van der Waals surface area contributed by atoms with E-state index in [1.54, 1.807) is 26.5 Å². The lowest BCUT2D eigenvalue weighted by atomic mass is 10.00. The van der Waals surface area contributed by atoms with E-state index in [4.69, 9.17) is 16.3 Å². The van der Waals surface area contributed by atoms with E-state index in [2.05, 4.69) is 46.7 Å². The molecule has 8 rings (SSSR count). The molecule has 0 spiro atoms. The Hall–Kier alpha value is -5.08. The first-order valence-electron chi connectivity index (χ1n) is 19.9. The minimum absolute atomic E-state index is 0.176. The Bertz CT molecular complexity index is 2330. The largest absolute Gasteiger partial charge is 0.494 e. The second-order valence-corrected chi connectivity index (χ2v) is 19.5. The van der Waals surface area contributed by atoms with Gasteiger partial charge in [0.15, 0.2) is 5.82 Å². The monoisotopic (exact) mass is 843 g/mol. The molecule has 59 heavy (non-hydrogen) atoms. The predicted molar refractivity (Wildman–Crippen MR) is 227 cm³/mol. The van der Waals surface area contributed by atoms with E-state index in [-0.39, 0.29) is 31.2 Å². The van der Waals surface area contributed by atoms with E-state index < -0.39 is 24.9 Å². The number of piperidine rings is 2. The van der Waals surface area contributed by atoms with Crippen molar-refractivity contribution in [3.63, 3.8) is 0 Å². The van der Waals surface area contributed by atoms with Crippen LogP contribution in [0.2, 0.25) is 5.02 Å². The number of imide groups is 1. The van der Waals surface area contributed by atoms with Crippen LogP contribution in [0.5, 0.6) is 5.75 Å². The molecule has 0 radical (unpaired) electrons. The van der Waals surface area contributed by atoms with Gasteiger partial charge in [0.05, 0.1) is 24.7 Å². The predicted octanol–water partition coefficient (Wildman–Crippen LogP) is 5.56. The number of methoxy groups -OCH3 is 1. The molecule has 5 heterocycles. The molecule has 1 unspecified atom stereocenters. The molecule has 4 aliphatic heterocycles. The molecule has 0 aliphatic carbocycles. The van der Waals surface area contributed by atoms with Crippen molar-refractivity contribution in [2.24, 2.45) is 0 Å². The van der Waals surface area contributed by atoms with Gasteiger partial charge < -0.3 is 29.7 Å². The molecule has 1 aromatic heterocycles. The lowest BCUT2D eigenvalue weighted by Crippen LogP contribution is -2.53. The molecule has 17 heteroatoms. The highest BCUT2D eigenvalue weighted by Gasteiger charge is 2.40. The first-order valence-corrected chi connectivity index (χ1v) is 22.9. The quantitative estimate of drug-likeness (QED) is 0.128. The number of likely N-dealkylation sites (tertiary alicyclic amines) is 1. The number of amides is 3. The fourth-order valence-electron chi connectivity index (χ4n) is 8.58. The molecule has 3 saturated heterocycles. The number of piperazine rings is 1. The van der Waals surface area contributed by atoms with Gasteiger partial charge in [-0.1, -0.05) is 23.7 Å². The summed E-state index contributed by atoms with van der Waals surface area (Å²) in [7, 11) is -0.928. The number of anilines is 5. The van der Waals surface area contributed by atoms with Crippen LogP contribution in [0.3, 0.4) is 0 Å². The molecule has 4 aliphatic rings. The third-order valence-corrected chi connectivity index (χ3v) is 13.6. The minimum atomic E-state index is -2.56. The number of ether oxygens (including phenoxy) is 1. The summed E-state index contributed by atoms with van der Waals surface area (Å²) < 4.78 is 34.1.